The van der Waals surface area contributed by atoms with E-state index in [2.05, 4.69) is 44.6 Å². The first kappa shape index (κ1) is 15.1. The Kier molecular flexibility index (Phi) is 6.40. The second-order valence-corrected chi connectivity index (χ2v) is 7.25. The Morgan fingerprint density at radius 2 is 2.42 bits per heavy atom. The van der Waals surface area contributed by atoms with Gasteiger partial charge < -0.3 is 14.6 Å². The van der Waals surface area contributed by atoms with Gasteiger partial charge in [0.05, 0.1) is 5.69 Å². The molecule has 0 spiro atoms. The first-order chi connectivity index (χ1) is 9.29. The van der Waals surface area contributed by atoms with Crippen molar-refractivity contribution in [1.82, 2.24) is 9.55 Å². The maximum Gasteiger partial charge on any atom is 0.203 e. The molecule has 1 aromatic heterocycles. The number of anilines is 1. The van der Waals surface area contributed by atoms with Gasteiger partial charge in [0.2, 0.25) is 5.95 Å². The third-order valence-corrected chi connectivity index (χ3v) is 5.86. The van der Waals surface area contributed by atoms with Crippen molar-refractivity contribution in [3.05, 3.63) is 11.9 Å². The fraction of sp³-hybridized carbons (Fsp3) is 0.769. The normalized spacial score (nSPS) is 19.6. The quantitative estimate of drug-likeness (QED) is 0.783. The minimum absolute atomic E-state index is 0.711. The van der Waals surface area contributed by atoms with E-state index in [4.69, 9.17) is 4.74 Å². The highest BCUT2D eigenvalue weighted by molar-refractivity contribution is 8.06. The lowest BCUT2D eigenvalue weighted by Gasteiger charge is -2.21. The lowest BCUT2D eigenvalue weighted by atomic mass is 10.4. The monoisotopic (exact) mass is 301 g/mol. The summed E-state index contributed by atoms with van der Waals surface area (Å²) >= 11 is 4.14. The van der Waals surface area contributed by atoms with Gasteiger partial charge in [-0.05, 0) is 13.3 Å². The van der Waals surface area contributed by atoms with Crippen LogP contribution in [0, 0.1) is 6.92 Å². The minimum Gasteiger partial charge on any atom is -0.385 e. The van der Waals surface area contributed by atoms with E-state index in [1.165, 1.54) is 17.3 Å². The van der Waals surface area contributed by atoms with Gasteiger partial charge in [-0.15, -0.1) is 0 Å². The molecule has 1 aliphatic heterocycles. The van der Waals surface area contributed by atoms with E-state index in [-0.39, 0.29) is 0 Å². The molecule has 1 atom stereocenters. The van der Waals surface area contributed by atoms with Gasteiger partial charge >= 0.3 is 0 Å². The molecule has 6 heteroatoms. The molecular weight excluding hydrogens is 278 g/mol. The number of hydrogen-bond donors (Lipinski definition) is 1. The van der Waals surface area contributed by atoms with Crippen LogP contribution in [-0.4, -0.2) is 52.3 Å². The van der Waals surface area contributed by atoms with E-state index >= 15 is 0 Å². The van der Waals surface area contributed by atoms with Crippen molar-refractivity contribution < 1.29 is 4.74 Å². The zero-order valence-corrected chi connectivity index (χ0v) is 13.4. The number of aromatic nitrogens is 2. The van der Waals surface area contributed by atoms with Crippen LogP contribution in [0.4, 0.5) is 5.95 Å². The third-order valence-electron chi connectivity index (χ3n) is 3.02. The van der Waals surface area contributed by atoms with E-state index in [0.29, 0.717) is 5.25 Å². The Balaban J connectivity index is 1.83. The third kappa shape index (κ3) is 4.93. The summed E-state index contributed by atoms with van der Waals surface area (Å²) < 4.78 is 7.31. The average Bonchev–Trinajstić information content (AvgIpc) is 2.78. The topological polar surface area (TPSA) is 39.1 Å². The number of thioether (sulfide) groups is 2. The molecule has 1 fully saturated rings. The fourth-order valence-electron chi connectivity index (χ4n) is 2.10. The molecule has 0 amide bonds. The average molecular weight is 301 g/mol. The summed E-state index contributed by atoms with van der Waals surface area (Å²) in [7, 11) is 1.75. The van der Waals surface area contributed by atoms with Crippen LogP contribution >= 0.6 is 23.5 Å². The first-order valence-electron chi connectivity index (χ1n) is 6.75. The number of nitrogens with one attached hydrogen (secondary N) is 1. The molecule has 2 rings (SSSR count). The van der Waals surface area contributed by atoms with E-state index in [1.54, 1.807) is 7.11 Å². The summed E-state index contributed by atoms with van der Waals surface area (Å²) in [6.07, 6.45) is 3.13. The van der Waals surface area contributed by atoms with Crippen LogP contribution in [0.15, 0.2) is 6.20 Å². The number of imidazole rings is 1. The zero-order valence-electron chi connectivity index (χ0n) is 11.7. The molecule has 0 radical (unpaired) electrons. The summed E-state index contributed by atoms with van der Waals surface area (Å²) in [5, 5.41) is 4.22. The first-order valence-corrected chi connectivity index (χ1v) is 8.96. The molecule has 1 aromatic rings. The second-order valence-electron chi connectivity index (χ2n) is 4.69. The fourth-order valence-corrected chi connectivity index (χ4v) is 4.71. The minimum atomic E-state index is 0.711. The molecule has 4 nitrogen and oxygen atoms in total. The van der Waals surface area contributed by atoms with Gasteiger partial charge in [0, 0.05) is 55.5 Å². The maximum absolute atomic E-state index is 5.11. The Morgan fingerprint density at radius 1 is 1.53 bits per heavy atom. The van der Waals surface area contributed by atoms with Crippen molar-refractivity contribution in [2.24, 2.45) is 0 Å². The van der Waals surface area contributed by atoms with Gasteiger partial charge in [0.15, 0.2) is 0 Å². The number of nitrogens with zero attached hydrogens (tertiary/aromatic N) is 2. The van der Waals surface area contributed by atoms with E-state index in [0.717, 1.165) is 37.8 Å². The zero-order chi connectivity index (χ0) is 13.5. The number of ether oxygens (including phenoxy) is 1. The van der Waals surface area contributed by atoms with Gasteiger partial charge in [0.25, 0.3) is 0 Å². The molecule has 1 saturated heterocycles. The van der Waals surface area contributed by atoms with Crippen molar-refractivity contribution >= 4 is 29.5 Å². The summed E-state index contributed by atoms with van der Waals surface area (Å²) in [6.45, 7) is 4.82. The Labute approximate surface area is 124 Å². The van der Waals surface area contributed by atoms with Crippen LogP contribution in [0.5, 0.6) is 0 Å². The molecule has 108 valence electrons. The predicted octanol–water partition coefficient (Wildman–Crippen LogP) is 2.49. The van der Waals surface area contributed by atoms with Crippen LogP contribution in [0.2, 0.25) is 0 Å². The van der Waals surface area contributed by atoms with Crippen molar-refractivity contribution in [3.63, 3.8) is 0 Å². The molecule has 0 bridgehead atoms. The molecule has 1 aliphatic rings. The van der Waals surface area contributed by atoms with Crippen molar-refractivity contribution in [3.8, 4) is 0 Å². The Hall–Kier alpha value is -0.330. The number of methoxy groups -OCH3 is 1. The van der Waals surface area contributed by atoms with Crippen LogP contribution in [0.1, 0.15) is 12.1 Å². The van der Waals surface area contributed by atoms with E-state index in [1.807, 2.05) is 6.92 Å². The lowest BCUT2D eigenvalue weighted by molar-refractivity contribution is 0.190. The molecule has 0 aliphatic carbocycles. The highest BCUT2D eigenvalue weighted by Gasteiger charge is 2.15. The van der Waals surface area contributed by atoms with Gasteiger partial charge in [-0.25, -0.2) is 4.98 Å². The van der Waals surface area contributed by atoms with Crippen molar-refractivity contribution in [1.29, 1.82) is 0 Å². The molecule has 2 heterocycles. The summed E-state index contributed by atoms with van der Waals surface area (Å²) in [5.41, 5.74) is 1.07. The summed E-state index contributed by atoms with van der Waals surface area (Å²) in [4.78, 5) is 4.57. The van der Waals surface area contributed by atoms with Crippen LogP contribution in [0.25, 0.3) is 0 Å². The van der Waals surface area contributed by atoms with Gasteiger partial charge in [-0.2, -0.15) is 23.5 Å². The molecule has 1 unspecified atom stereocenters. The van der Waals surface area contributed by atoms with Gasteiger partial charge in [-0.1, -0.05) is 0 Å². The van der Waals surface area contributed by atoms with Gasteiger partial charge in [-0.3, -0.25) is 0 Å². The SMILES string of the molecule is COCCCn1cc(C)nc1NCC1CSCCS1. The summed E-state index contributed by atoms with van der Waals surface area (Å²) in [6, 6.07) is 0. The van der Waals surface area contributed by atoms with Gasteiger partial charge in [0.1, 0.15) is 0 Å². The van der Waals surface area contributed by atoms with Crippen LogP contribution < -0.4 is 5.32 Å². The summed E-state index contributed by atoms with van der Waals surface area (Å²) in [5.74, 6) is 4.83. The van der Waals surface area contributed by atoms with E-state index < -0.39 is 0 Å². The highest BCUT2D eigenvalue weighted by Crippen LogP contribution is 2.24. The molecule has 0 aromatic carbocycles. The van der Waals surface area contributed by atoms with Crippen molar-refractivity contribution in [2.75, 3.05) is 42.8 Å². The standard InChI is InChI=1S/C13H23N3OS2/c1-11-9-16(4-3-5-17-2)13(15-11)14-8-12-10-18-6-7-19-12/h9,12H,3-8,10H2,1-2H3,(H,14,15). The molecular formula is C13H23N3OS2. The van der Waals surface area contributed by atoms with Crippen LogP contribution in [-0.2, 0) is 11.3 Å². The molecule has 0 saturated carbocycles. The van der Waals surface area contributed by atoms with Crippen molar-refractivity contribution in [2.45, 2.75) is 25.1 Å². The number of rotatable bonds is 7. The highest BCUT2D eigenvalue weighted by atomic mass is 32.2. The Bertz CT molecular complexity index is 378. The number of aryl methyl sites for hydroxylation is 2. The molecule has 1 N–H and O–H groups in total. The Morgan fingerprint density at radius 3 is 3.16 bits per heavy atom. The van der Waals surface area contributed by atoms with Crippen LogP contribution in [0.3, 0.4) is 0 Å². The number of hydrogen-bond acceptors (Lipinski definition) is 5. The predicted molar refractivity (Wildman–Crippen MR) is 85.5 cm³/mol. The van der Waals surface area contributed by atoms with E-state index in [9.17, 15) is 0 Å². The largest absolute Gasteiger partial charge is 0.385 e. The maximum atomic E-state index is 5.11. The molecule has 19 heavy (non-hydrogen) atoms. The second kappa shape index (κ2) is 8.07. The smallest absolute Gasteiger partial charge is 0.203 e. The lowest BCUT2D eigenvalue weighted by Crippen LogP contribution is -2.24.